The van der Waals surface area contributed by atoms with Gasteiger partial charge in [0.15, 0.2) is 0 Å². The van der Waals surface area contributed by atoms with Crippen molar-refractivity contribution in [3.05, 3.63) is 41.8 Å². The summed E-state index contributed by atoms with van der Waals surface area (Å²) >= 11 is 0. The van der Waals surface area contributed by atoms with Gasteiger partial charge in [-0.15, -0.1) is 5.10 Å². The Balaban J connectivity index is 1.60. The fourth-order valence-electron chi connectivity index (χ4n) is 2.72. The highest BCUT2D eigenvalue weighted by Gasteiger charge is 2.23. The number of hydrogen-bond acceptors (Lipinski definition) is 5. The first-order valence-electron chi connectivity index (χ1n) is 7.13. The van der Waals surface area contributed by atoms with Crippen LogP contribution in [0.2, 0.25) is 0 Å². The van der Waals surface area contributed by atoms with Crippen LogP contribution in [-0.4, -0.2) is 30.3 Å². The Labute approximate surface area is 119 Å². The summed E-state index contributed by atoms with van der Waals surface area (Å²) in [4.78, 5) is 2.19. The van der Waals surface area contributed by atoms with Gasteiger partial charge in [-0.3, -0.25) is 0 Å². The average Bonchev–Trinajstić information content (AvgIpc) is 2.97. The second kappa shape index (κ2) is 6.05. The third-order valence-electron chi connectivity index (χ3n) is 3.82. The zero-order valence-corrected chi connectivity index (χ0v) is 11.7. The van der Waals surface area contributed by atoms with E-state index in [0.717, 1.165) is 25.9 Å². The van der Waals surface area contributed by atoms with Crippen molar-refractivity contribution in [3.8, 4) is 0 Å². The number of benzene rings is 1. The Morgan fingerprint density at radius 2 is 1.95 bits per heavy atom. The quantitative estimate of drug-likeness (QED) is 0.924. The molecule has 2 aromatic rings. The average molecular weight is 272 g/mol. The molecule has 1 saturated heterocycles. The van der Waals surface area contributed by atoms with Crippen molar-refractivity contribution >= 4 is 6.01 Å². The number of anilines is 1. The van der Waals surface area contributed by atoms with Crippen LogP contribution in [0.4, 0.5) is 6.01 Å². The molecule has 1 aromatic heterocycles. The number of rotatable bonds is 4. The maximum atomic E-state index is 5.65. The van der Waals surface area contributed by atoms with E-state index >= 15 is 0 Å². The van der Waals surface area contributed by atoms with Gasteiger partial charge in [-0.2, -0.15) is 0 Å². The van der Waals surface area contributed by atoms with Crippen LogP contribution in [0.1, 0.15) is 30.2 Å². The molecule has 1 fully saturated rings. The highest BCUT2D eigenvalue weighted by Crippen LogP contribution is 2.29. The van der Waals surface area contributed by atoms with Crippen LogP contribution in [0.5, 0.6) is 0 Å². The summed E-state index contributed by atoms with van der Waals surface area (Å²) in [7, 11) is 1.87. The zero-order valence-electron chi connectivity index (χ0n) is 11.7. The number of nitrogens with zero attached hydrogens (tertiary/aromatic N) is 3. The van der Waals surface area contributed by atoms with E-state index in [0.29, 0.717) is 24.4 Å². The number of piperidine rings is 1. The van der Waals surface area contributed by atoms with E-state index in [-0.39, 0.29) is 0 Å². The molecule has 0 amide bonds. The van der Waals surface area contributed by atoms with Gasteiger partial charge in [-0.25, -0.2) is 0 Å². The molecule has 2 heterocycles. The van der Waals surface area contributed by atoms with Crippen molar-refractivity contribution in [1.82, 2.24) is 15.5 Å². The molecule has 0 radical (unpaired) electrons. The summed E-state index contributed by atoms with van der Waals surface area (Å²) < 4.78 is 5.65. The lowest BCUT2D eigenvalue weighted by atomic mass is 9.90. The molecule has 0 unspecified atom stereocenters. The van der Waals surface area contributed by atoms with Gasteiger partial charge in [0.05, 0.1) is 6.54 Å². The Morgan fingerprint density at radius 1 is 1.20 bits per heavy atom. The number of aromatic nitrogens is 2. The van der Waals surface area contributed by atoms with Gasteiger partial charge in [-0.1, -0.05) is 35.4 Å². The lowest BCUT2D eigenvalue weighted by Gasteiger charge is -2.30. The highest BCUT2D eigenvalue weighted by molar-refractivity contribution is 5.28. The summed E-state index contributed by atoms with van der Waals surface area (Å²) in [6.45, 7) is 2.56. The summed E-state index contributed by atoms with van der Waals surface area (Å²) in [5.74, 6) is 1.29. The van der Waals surface area contributed by atoms with Crippen molar-refractivity contribution in [2.75, 3.05) is 25.0 Å². The van der Waals surface area contributed by atoms with Gasteiger partial charge < -0.3 is 14.6 Å². The Hall–Kier alpha value is -1.88. The smallest absolute Gasteiger partial charge is 0.318 e. The lowest BCUT2D eigenvalue weighted by molar-refractivity contribution is 0.435. The van der Waals surface area contributed by atoms with E-state index in [2.05, 4.69) is 50.7 Å². The third-order valence-corrected chi connectivity index (χ3v) is 3.82. The van der Waals surface area contributed by atoms with Crippen molar-refractivity contribution in [1.29, 1.82) is 0 Å². The third kappa shape index (κ3) is 2.82. The minimum Gasteiger partial charge on any atom is -0.407 e. The topological polar surface area (TPSA) is 54.2 Å². The van der Waals surface area contributed by atoms with E-state index in [1.54, 1.807) is 0 Å². The lowest BCUT2D eigenvalue weighted by Crippen LogP contribution is -2.33. The Morgan fingerprint density at radius 3 is 2.65 bits per heavy atom. The molecule has 0 bridgehead atoms. The van der Waals surface area contributed by atoms with Crippen molar-refractivity contribution in [2.45, 2.75) is 25.3 Å². The van der Waals surface area contributed by atoms with E-state index in [9.17, 15) is 0 Å². The number of nitrogens with one attached hydrogen (secondary N) is 1. The van der Waals surface area contributed by atoms with Crippen LogP contribution in [0.3, 0.4) is 0 Å². The maximum Gasteiger partial charge on any atom is 0.318 e. The zero-order chi connectivity index (χ0) is 13.8. The van der Waals surface area contributed by atoms with Gasteiger partial charge in [0.2, 0.25) is 5.89 Å². The van der Waals surface area contributed by atoms with E-state index in [1.807, 2.05) is 7.05 Å². The monoisotopic (exact) mass is 272 g/mol. The molecule has 0 aliphatic carbocycles. The molecule has 3 rings (SSSR count). The van der Waals surface area contributed by atoms with Crippen LogP contribution in [0, 0.1) is 0 Å². The molecule has 106 valence electrons. The summed E-state index contributed by atoms with van der Waals surface area (Å²) in [6, 6.07) is 11.4. The predicted molar refractivity (Wildman–Crippen MR) is 77.7 cm³/mol. The van der Waals surface area contributed by atoms with Crippen LogP contribution >= 0.6 is 0 Å². The SMILES string of the molecule is CNCc1nnc(N2CCC(c3ccccc3)CC2)o1. The van der Waals surface area contributed by atoms with Crippen LogP contribution in [-0.2, 0) is 6.54 Å². The van der Waals surface area contributed by atoms with Gasteiger partial charge in [0.1, 0.15) is 0 Å². The molecular weight excluding hydrogens is 252 g/mol. The molecule has 1 N–H and O–H groups in total. The van der Waals surface area contributed by atoms with Gasteiger partial charge >= 0.3 is 6.01 Å². The summed E-state index contributed by atoms with van der Waals surface area (Å²) in [6.07, 6.45) is 2.27. The van der Waals surface area contributed by atoms with Crippen LogP contribution in [0.15, 0.2) is 34.7 Å². The van der Waals surface area contributed by atoms with Gasteiger partial charge in [0.25, 0.3) is 0 Å². The molecule has 5 heteroatoms. The van der Waals surface area contributed by atoms with Gasteiger partial charge in [-0.05, 0) is 31.4 Å². The largest absolute Gasteiger partial charge is 0.407 e. The molecule has 1 aliphatic rings. The minimum absolute atomic E-state index is 0.619. The summed E-state index contributed by atoms with van der Waals surface area (Å²) in [5.41, 5.74) is 1.44. The van der Waals surface area contributed by atoms with Crippen molar-refractivity contribution < 1.29 is 4.42 Å². The van der Waals surface area contributed by atoms with E-state index in [4.69, 9.17) is 4.42 Å². The second-order valence-corrected chi connectivity index (χ2v) is 5.18. The molecule has 0 atom stereocenters. The van der Waals surface area contributed by atoms with Crippen molar-refractivity contribution in [2.24, 2.45) is 0 Å². The molecule has 1 aromatic carbocycles. The standard InChI is InChI=1S/C15H20N4O/c1-16-11-14-17-18-15(20-14)19-9-7-13(8-10-19)12-5-3-2-4-6-12/h2-6,13,16H,7-11H2,1H3. The fraction of sp³-hybridized carbons (Fsp3) is 0.467. The van der Waals surface area contributed by atoms with E-state index in [1.165, 1.54) is 5.56 Å². The fourth-order valence-corrected chi connectivity index (χ4v) is 2.72. The molecule has 5 nitrogen and oxygen atoms in total. The highest BCUT2D eigenvalue weighted by atomic mass is 16.4. The Bertz CT molecular complexity index is 532. The maximum absolute atomic E-state index is 5.65. The first-order valence-corrected chi connectivity index (χ1v) is 7.13. The first-order chi connectivity index (χ1) is 9.86. The minimum atomic E-state index is 0.619. The van der Waals surface area contributed by atoms with Crippen LogP contribution in [0.25, 0.3) is 0 Å². The molecule has 20 heavy (non-hydrogen) atoms. The molecular formula is C15H20N4O. The first kappa shape index (κ1) is 13.1. The van der Waals surface area contributed by atoms with Crippen molar-refractivity contribution in [3.63, 3.8) is 0 Å². The molecule has 0 spiro atoms. The van der Waals surface area contributed by atoms with Crippen LogP contribution < -0.4 is 10.2 Å². The number of hydrogen-bond donors (Lipinski definition) is 1. The summed E-state index contributed by atoms with van der Waals surface area (Å²) in [5, 5.41) is 11.2. The molecule has 0 saturated carbocycles. The normalized spacial score (nSPS) is 16.6. The predicted octanol–water partition coefficient (Wildman–Crippen LogP) is 2.17. The second-order valence-electron chi connectivity index (χ2n) is 5.18. The van der Waals surface area contributed by atoms with E-state index < -0.39 is 0 Å². The Kier molecular flexibility index (Phi) is 3.97. The van der Waals surface area contributed by atoms with Gasteiger partial charge in [0, 0.05) is 13.1 Å². The molecule has 1 aliphatic heterocycles.